The molecule has 1 atom stereocenters. The molecule has 0 bridgehead atoms. The number of hydrogen-bond acceptors (Lipinski definition) is 2. The van der Waals surface area contributed by atoms with Gasteiger partial charge in [0.05, 0.1) is 0 Å². The van der Waals surface area contributed by atoms with Crippen molar-refractivity contribution in [1.82, 2.24) is 4.90 Å². The predicted octanol–water partition coefficient (Wildman–Crippen LogP) is 3.75. The first-order valence-corrected chi connectivity index (χ1v) is 7.46. The Morgan fingerprint density at radius 3 is 2.11 bits per heavy atom. The van der Waals surface area contributed by atoms with Crippen LogP contribution in [0, 0.1) is 12.8 Å². The number of nitrogens with zero attached hydrogens (tertiary/aromatic N) is 1. The van der Waals surface area contributed by atoms with E-state index in [1.54, 1.807) is 0 Å². The van der Waals surface area contributed by atoms with Gasteiger partial charge in [-0.3, -0.25) is 0 Å². The van der Waals surface area contributed by atoms with E-state index < -0.39 is 0 Å². The summed E-state index contributed by atoms with van der Waals surface area (Å²) in [6.45, 7) is 13.4. The van der Waals surface area contributed by atoms with Crippen LogP contribution in [0.15, 0.2) is 24.3 Å². The maximum Gasteiger partial charge on any atom is 0.0307 e. The van der Waals surface area contributed by atoms with E-state index in [1.807, 2.05) is 0 Å². The molecule has 0 fully saturated rings. The second kappa shape index (κ2) is 7.66. The lowest BCUT2D eigenvalue weighted by Gasteiger charge is -2.29. The minimum absolute atomic E-state index is 0.147. The van der Waals surface area contributed by atoms with Gasteiger partial charge in [0, 0.05) is 25.2 Å². The molecule has 2 heteroatoms. The van der Waals surface area contributed by atoms with Gasteiger partial charge in [0.15, 0.2) is 0 Å². The molecular weight excluding hydrogens is 232 g/mol. The zero-order valence-corrected chi connectivity index (χ0v) is 13.2. The van der Waals surface area contributed by atoms with Crippen LogP contribution in [-0.4, -0.2) is 24.0 Å². The molecule has 0 aromatic heterocycles. The molecule has 19 heavy (non-hydrogen) atoms. The van der Waals surface area contributed by atoms with Crippen LogP contribution in [0.2, 0.25) is 0 Å². The molecule has 0 aliphatic carbocycles. The normalized spacial score (nSPS) is 13.5. The van der Waals surface area contributed by atoms with Crippen molar-refractivity contribution in [2.45, 2.75) is 53.1 Å². The molecule has 2 N–H and O–H groups in total. The van der Waals surface area contributed by atoms with E-state index in [-0.39, 0.29) is 6.04 Å². The molecule has 1 rings (SSSR count). The van der Waals surface area contributed by atoms with Gasteiger partial charge < -0.3 is 10.6 Å². The highest BCUT2D eigenvalue weighted by atomic mass is 15.1. The van der Waals surface area contributed by atoms with Crippen LogP contribution < -0.4 is 5.73 Å². The number of aryl methyl sites for hydroxylation is 1. The summed E-state index contributed by atoms with van der Waals surface area (Å²) in [6, 6.07) is 9.33. The van der Waals surface area contributed by atoms with Crippen molar-refractivity contribution in [3.05, 3.63) is 35.4 Å². The van der Waals surface area contributed by atoms with Gasteiger partial charge in [0.2, 0.25) is 0 Å². The van der Waals surface area contributed by atoms with Crippen molar-refractivity contribution in [2.24, 2.45) is 11.7 Å². The van der Waals surface area contributed by atoms with Gasteiger partial charge >= 0.3 is 0 Å². The largest absolute Gasteiger partial charge is 0.324 e. The average Bonchev–Trinajstić information content (AvgIpc) is 2.34. The first-order valence-electron chi connectivity index (χ1n) is 7.46. The summed E-state index contributed by atoms with van der Waals surface area (Å²) in [5.41, 5.74) is 8.84. The Morgan fingerprint density at radius 1 is 1.05 bits per heavy atom. The molecule has 1 aromatic carbocycles. The molecule has 0 saturated carbocycles. The van der Waals surface area contributed by atoms with Crippen LogP contribution >= 0.6 is 0 Å². The van der Waals surface area contributed by atoms with Crippen LogP contribution in [0.4, 0.5) is 0 Å². The standard InChI is InChI=1S/C17H30N2/c1-13(2)12-19(14(3)4)11-10-17(18)16-8-6-15(5)7-9-16/h6-9,13-14,17H,10-12,18H2,1-5H3. The summed E-state index contributed by atoms with van der Waals surface area (Å²) in [7, 11) is 0. The van der Waals surface area contributed by atoms with E-state index >= 15 is 0 Å². The summed E-state index contributed by atoms with van der Waals surface area (Å²) < 4.78 is 0. The van der Waals surface area contributed by atoms with Crippen LogP contribution in [0.3, 0.4) is 0 Å². The van der Waals surface area contributed by atoms with Crippen molar-refractivity contribution in [3.8, 4) is 0 Å². The quantitative estimate of drug-likeness (QED) is 0.811. The van der Waals surface area contributed by atoms with Crippen LogP contribution in [0.1, 0.15) is 51.3 Å². The Kier molecular flexibility index (Phi) is 6.53. The fourth-order valence-electron chi connectivity index (χ4n) is 2.31. The first kappa shape index (κ1) is 16.2. The maximum atomic E-state index is 6.30. The summed E-state index contributed by atoms with van der Waals surface area (Å²) in [4.78, 5) is 2.53. The van der Waals surface area contributed by atoms with Gasteiger partial charge in [-0.25, -0.2) is 0 Å². The Balaban J connectivity index is 2.51. The summed E-state index contributed by atoms with van der Waals surface area (Å²) in [5.74, 6) is 0.706. The summed E-state index contributed by atoms with van der Waals surface area (Å²) in [5, 5.41) is 0. The van der Waals surface area contributed by atoms with Crippen LogP contribution in [-0.2, 0) is 0 Å². The lowest BCUT2D eigenvalue weighted by Crippen LogP contribution is -2.36. The summed E-state index contributed by atoms with van der Waals surface area (Å²) in [6.07, 6.45) is 1.02. The Bertz CT molecular complexity index is 354. The Morgan fingerprint density at radius 2 is 1.63 bits per heavy atom. The van der Waals surface area contributed by atoms with Gasteiger partial charge in [0.25, 0.3) is 0 Å². The van der Waals surface area contributed by atoms with Crippen molar-refractivity contribution in [2.75, 3.05) is 13.1 Å². The lowest BCUT2D eigenvalue weighted by molar-refractivity contribution is 0.191. The van der Waals surface area contributed by atoms with E-state index in [0.717, 1.165) is 19.5 Å². The molecule has 2 nitrogen and oxygen atoms in total. The van der Waals surface area contributed by atoms with E-state index in [1.165, 1.54) is 11.1 Å². The van der Waals surface area contributed by atoms with Crippen molar-refractivity contribution < 1.29 is 0 Å². The zero-order valence-electron chi connectivity index (χ0n) is 13.2. The van der Waals surface area contributed by atoms with Gasteiger partial charge in [-0.15, -0.1) is 0 Å². The number of rotatable bonds is 7. The highest BCUT2D eigenvalue weighted by Gasteiger charge is 2.13. The highest BCUT2D eigenvalue weighted by molar-refractivity contribution is 5.23. The minimum Gasteiger partial charge on any atom is -0.324 e. The molecule has 0 heterocycles. The third-order valence-electron chi connectivity index (χ3n) is 3.56. The molecule has 0 aliphatic rings. The third kappa shape index (κ3) is 5.75. The SMILES string of the molecule is Cc1ccc(C(N)CCN(CC(C)C)C(C)C)cc1. The Labute approximate surface area is 119 Å². The molecule has 1 unspecified atom stereocenters. The molecule has 108 valence electrons. The Hall–Kier alpha value is -0.860. The smallest absolute Gasteiger partial charge is 0.0307 e. The summed E-state index contributed by atoms with van der Waals surface area (Å²) >= 11 is 0. The number of hydrogen-bond donors (Lipinski definition) is 1. The number of benzene rings is 1. The number of nitrogens with two attached hydrogens (primary N) is 1. The average molecular weight is 262 g/mol. The van der Waals surface area contributed by atoms with E-state index in [4.69, 9.17) is 5.73 Å². The second-order valence-corrected chi connectivity index (χ2v) is 6.29. The fourth-order valence-corrected chi connectivity index (χ4v) is 2.31. The van der Waals surface area contributed by atoms with Crippen molar-refractivity contribution >= 4 is 0 Å². The minimum atomic E-state index is 0.147. The fraction of sp³-hybridized carbons (Fsp3) is 0.647. The molecule has 0 amide bonds. The zero-order chi connectivity index (χ0) is 14.4. The first-order chi connectivity index (χ1) is 8.90. The molecule has 0 aliphatic heterocycles. The maximum absolute atomic E-state index is 6.30. The second-order valence-electron chi connectivity index (χ2n) is 6.29. The molecule has 1 aromatic rings. The molecule has 0 spiro atoms. The van der Waals surface area contributed by atoms with Crippen LogP contribution in [0.5, 0.6) is 0 Å². The highest BCUT2D eigenvalue weighted by Crippen LogP contribution is 2.16. The van der Waals surface area contributed by atoms with E-state index in [2.05, 4.69) is 63.8 Å². The van der Waals surface area contributed by atoms with Gasteiger partial charge in [-0.05, 0) is 38.7 Å². The third-order valence-corrected chi connectivity index (χ3v) is 3.56. The monoisotopic (exact) mass is 262 g/mol. The molecule has 0 saturated heterocycles. The molecular formula is C17H30N2. The van der Waals surface area contributed by atoms with Crippen molar-refractivity contribution in [1.29, 1.82) is 0 Å². The van der Waals surface area contributed by atoms with Gasteiger partial charge in [-0.1, -0.05) is 43.7 Å². The van der Waals surface area contributed by atoms with E-state index in [0.29, 0.717) is 12.0 Å². The predicted molar refractivity (Wildman–Crippen MR) is 84.3 cm³/mol. The molecule has 0 radical (unpaired) electrons. The van der Waals surface area contributed by atoms with Gasteiger partial charge in [0.1, 0.15) is 0 Å². The van der Waals surface area contributed by atoms with E-state index in [9.17, 15) is 0 Å². The van der Waals surface area contributed by atoms with Crippen LogP contribution in [0.25, 0.3) is 0 Å². The van der Waals surface area contributed by atoms with Gasteiger partial charge in [-0.2, -0.15) is 0 Å². The lowest BCUT2D eigenvalue weighted by atomic mass is 10.0. The van der Waals surface area contributed by atoms with Crippen molar-refractivity contribution in [3.63, 3.8) is 0 Å². The topological polar surface area (TPSA) is 29.3 Å².